The van der Waals surface area contributed by atoms with Crippen molar-refractivity contribution in [1.29, 1.82) is 0 Å². The van der Waals surface area contributed by atoms with Crippen molar-refractivity contribution in [2.45, 2.75) is 12.8 Å². The fourth-order valence-corrected chi connectivity index (χ4v) is 12.3. The van der Waals surface area contributed by atoms with Crippen LogP contribution in [0, 0.1) is 0 Å². The highest BCUT2D eigenvalue weighted by atomic mass is 16.1. The molecule has 9 nitrogen and oxygen atoms in total. The van der Waals surface area contributed by atoms with E-state index in [1.165, 1.54) is 16.6 Å². The lowest BCUT2D eigenvalue weighted by Gasteiger charge is -2.17. The first-order valence-corrected chi connectivity index (χ1v) is 25.2. The molecule has 0 atom stereocenters. The number of para-hydroxylation sites is 9. The molecule has 7 aromatic heterocycles. The predicted octanol–water partition coefficient (Wildman–Crippen LogP) is 14.8. The summed E-state index contributed by atoms with van der Waals surface area (Å²) in [6.45, 7) is 0. The van der Waals surface area contributed by atoms with Crippen LogP contribution in [0.2, 0.25) is 0 Å². The van der Waals surface area contributed by atoms with Gasteiger partial charge in [-0.25, -0.2) is 14.8 Å². The minimum Gasteiger partial charge on any atom is -0.297 e. The number of nitrogens with zero attached hydrogens (tertiary/aromatic N) is 8. The number of hydrogen-bond donors (Lipinski definition) is 0. The minimum absolute atomic E-state index is 0.216. The molecule has 9 heteroatoms. The van der Waals surface area contributed by atoms with Crippen molar-refractivity contribution in [3.8, 4) is 34.6 Å². The molecule has 15 aromatic rings. The average Bonchev–Trinajstić information content (AvgIpc) is 4.24. The number of imidazole rings is 1. The topological polar surface area (TPSA) is 72.4 Å². The molecule has 8 aromatic carbocycles. The number of benzene rings is 8. The molecule has 0 radical (unpaired) electrons. The summed E-state index contributed by atoms with van der Waals surface area (Å²) in [6, 6.07) is 76.0. The Kier molecular flexibility index (Phi) is 8.53. The molecule has 74 heavy (non-hydrogen) atoms. The van der Waals surface area contributed by atoms with Crippen LogP contribution in [0.15, 0.2) is 229 Å². The van der Waals surface area contributed by atoms with Crippen molar-refractivity contribution in [3.05, 3.63) is 246 Å². The monoisotopic (exact) mass is 950 g/mol. The van der Waals surface area contributed by atoms with Crippen molar-refractivity contribution in [2.75, 3.05) is 0 Å². The Balaban J connectivity index is 1.01. The van der Waals surface area contributed by atoms with E-state index in [0.717, 1.165) is 101 Å². The van der Waals surface area contributed by atoms with E-state index in [4.69, 9.17) is 9.97 Å². The zero-order chi connectivity index (χ0) is 48.6. The van der Waals surface area contributed by atoms with Crippen LogP contribution in [0.25, 0.3) is 128 Å². The number of aromatic nitrogens is 8. The summed E-state index contributed by atoms with van der Waals surface area (Å²) in [5.41, 5.74) is 12.3. The van der Waals surface area contributed by atoms with Crippen LogP contribution >= 0.6 is 0 Å². The van der Waals surface area contributed by atoms with Gasteiger partial charge in [0, 0.05) is 73.2 Å². The number of fused-ring (bicyclic) bond motifs is 13. The van der Waals surface area contributed by atoms with Crippen LogP contribution in [-0.4, -0.2) is 37.4 Å². The molecule has 0 unspecified atom stereocenters. The first kappa shape index (κ1) is 40.7. The Morgan fingerprint density at radius 3 is 0.946 bits per heavy atom. The van der Waals surface area contributed by atoms with E-state index in [0.29, 0.717) is 28.8 Å². The molecule has 0 saturated heterocycles. The van der Waals surface area contributed by atoms with Crippen molar-refractivity contribution in [1.82, 2.24) is 37.4 Å². The van der Waals surface area contributed by atoms with Gasteiger partial charge >= 0.3 is 5.69 Å². The largest absolute Gasteiger partial charge is 0.338 e. The number of rotatable bonds is 6. The first-order chi connectivity index (χ1) is 36.7. The van der Waals surface area contributed by atoms with Crippen molar-refractivity contribution >= 4 is 93.4 Å². The Labute approximate surface area is 422 Å². The molecule has 0 N–H and O–H groups in total. The third kappa shape index (κ3) is 5.71. The van der Waals surface area contributed by atoms with E-state index in [2.05, 4.69) is 225 Å². The first-order valence-electron chi connectivity index (χ1n) is 25.2. The number of pyridine rings is 2. The van der Waals surface area contributed by atoms with Gasteiger partial charge < -0.3 is 0 Å². The normalized spacial score (nSPS) is 12.8. The summed E-state index contributed by atoms with van der Waals surface area (Å²) in [5, 5.41) is 7.95. The summed E-state index contributed by atoms with van der Waals surface area (Å²) < 4.78 is 12.8. The summed E-state index contributed by atoms with van der Waals surface area (Å²) >= 11 is 0. The van der Waals surface area contributed by atoms with Gasteiger partial charge in [-0.05, 0) is 67.4 Å². The molecule has 0 amide bonds. The van der Waals surface area contributed by atoms with Gasteiger partial charge in [-0.15, -0.1) is 0 Å². The van der Waals surface area contributed by atoms with Crippen molar-refractivity contribution in [3.63, 3.8) is 0 Å². The fourth-order valence-electron chi connectivity index (χ4n) is 12.3. The highest BCUT2D eigenvalue weighted by molar-refractivity contribution is 6.11. The van der Waals surface area contributed by atoms with Gasteiger partial charge in [0.2, 0.25) is 0 Å². The van der Waals surface area contributed by atoms with Crippen molar-refractivity contribution < 1.29 is 0 Å². The van der Waals surface area contributed by atoms with E-state index in [1.807, 2.05) is 33.4 Å². The van der Waals surface area contributed by atoms with E-state index >= 15 is 4.79 Å². The lowest BCUT2D eigenvalue weighted by atomic mass is 10.0. The van der Waals surface area contributed by atoms with Crippen LogP contribution in [-0.2, 0) is 6.42 Å². The lowest BCUT2D eigenvalue weighted by Crippen LogP contribution is -2.23. The van der Waals surface area contributed by atoms with E-state index in [9.17, 15) is 0 Å². The zero-order valence-electron chi connectivity index (χ0n) is 39.8. The summed E-state index contributed by atoms with van der Waals surface area (Å²) in [4.78, 5) is 27.5. The molecule has 0 bridgehead atoms. The second-order valence-electron chi connectivity index (χ2n) is 19.3. The molecule has 0 saturated carbocycles. The standard InChI is InChI=1S/C65H42N8O/c74-65-68(41-37-61(70-51-27-9-1-19-43(51)44-20-2-10-28-52(44)70)66-62(38-41)71-53-29-11-3-21-45(53)46-22-4-12-30-54(46)71)59-35-17-18-36-60(59)69(65)42-39-63(72-55-31-13-5-23-47(55)48-24-6-14-32-56(48)72)67-64(40-42)73-57-33-15-7-25-49(57)50-26-8-16-34-58(50)73/h1-15,17-33,35-40H,16,34H2. The summed E-state index contributed by atoms with van der Waals surface area (Å²) in [6.07, 6.45) is 6.30. The van der Waals surface area contributed by atoms with Crippen LogP contribution in [0.4, 0.5) is 0 Å². The van der Waals surface area contributed by atoms with Crippen LogP contribution in [0.3, 0.4) is 0 Å². The van der Waals surface area contributed by atoms with E-state index in [-0.39, 0.29) is 5.69 Å². The maximum Gasteiger partial charge on any atom is 0.338 e. The predicted molar refractivity (Wildman–Crippen MR) is 302 cm³/mol. The maximum atomic E-state index is 16.2. The Hall–Kier alpha value is -9.99. The zero-order valence-corrected chi connectivity index (χ0v) is 39.8. The van der Waals surface area contributed by atoms with Crippen LogP contribution in [0.5, 0.6) is 0 Å². The second kappa shape index (κ2) is 15.5. The Morgan fingerprint density at radius 2 is 0.595 bits per heavy atom. The molecule has 1 aliphatic carbocycles. The second-order valence-corrected chi connectivity index (χ2v) is 19.3. The smallest absolute Gasteiger partial charge is 0.297 e. The molecule has 7 heterocycles. The SMILES string of the molecule is O=c1n(-c2cc(-n3c4c(c5ccccc53)C=CCC4)nc(-n3c4ccccc4c4ccccc43)c2)c2ccccc2n1-c1cc(-n2c3ccccc3c3ccccc32)nc(-n2c3ccccc3c3ccccc32)c1. The molecule has 0 fully saturated rings. The van der Waals surface area contributed by atoms with E-state index < -0.39 is 0 Å². The molecule has 0 aliphatic heterocycles. The van der Waals surface area contributed by atoms with Gasteiger partial charge in [-0.2, -0.15) is 0 Å². The molecule has 16 rings (SSSR count). The van der Waals surface area contributed by atoms with Gasteiger partial charge in [0.15, 0.2) is 0 Å². The van der Waals surface area contributed by atoms with Crippen LogP contribution in [0.1, 0.15) is 17.7 Å². The third-order valence-corrected chi connectivity index (χ3v) is 15.3. The van der Waals surface area contributed by atoms with Crippen molar-refractivity contribution in [2.24, 2.45) is 0 Å². The fraction of sp³-hybridized carbons (Fsp3) is 0.0308. The van der Waals surface area contributed by atoms with Gasteiger partial charge in [0.25, 0.3) is 0 Å². The Morgan fingerprint density at radius 1 is 0.311 bits per heavy atom. The minimum atomic E-state index is -0.216. The van der Waals surface area contributed by atoms with Crippen LogP contribution < -0.4 is 5.69 Å². The average molecular weight is 951 g/mol. The quantitative estimate of drug-likeness (QED) is 0.167. The third-order valence-electron chi connectivity index (χ3n) is 15.3. The number of allylic oxidation sites excluding steroid dienone is 1. The van der Waals surface area contributed by atoms with Gasteiger partial charge in [-0.1, -0.05) is 152 Å². The summed E-state index contributed by atoms with van der Waals surface area (Å²) in [7, 11) is 0. The van der Waals surface area contributed by atoms with Gasteiger partial charge in [0.1, 0.15) is 23.3 Å². The summed E-state index contributed by atoms with van der Waals surface area (Å²) in [5.74, 6) is 2.84. The van der Waals surface area contributed by atoms with Gasteiger partial charge in [0.05, 0.1) is 61.0 Å². The molecular formula is C65H42N8O. The van der Waals surface area contributed by atoms with E-state index in [1.54, 1.807) is 0 Å². The lowest BCUT2D eigenvalue weighted by molar-refractivity contribution is 0.859. The molecule has 1 aliphatic rings. The highest BCUT2D eigenvalue weighted by Gasteiger charge is 2.26. The maximum absolute atomic E-state index is 16.2. The molecule has 0 spiro atoms. The molecule has 348 valence electrons. The Bertz CT molecular complexity index is 4660. The van der Waals surface area contributed by atoms with Gasteiger partial charge in [-0.3, -0.25) is 27.4 Å². The highest BCUT2D eigenvalue weighted by Crippen LogP contribution is 2.39. The molecular weight excluding hydrogens is 909 g/mol. The number of hydrogen-bond acceptors (Lipinski definition) is 3.